The molecule has 0 aliphatic carbocycles. The van der Waals surface area contributed by atoms with Crippen LogP contribution in [0.15, 0.2) is 36.8 Å². The molecule has 1 aromatic carbocycles. The number of nitrogens with zero attached hydrogens (tertiary/aromatic N) is 3. The molecule has 0 radical (unpaired) electrons. The Morgan fingerprint density at radius 3 is 3.05 bits per heavy atom. The molecule has 1 amide bonds. The highest BCUT2D eigenvalue weighted by atomic mass is 16.1. The molecule has 3 aromatic rings. The highest BCUT2D eigenvalue weighted by Gasteiger charge is 2.15. The van der Waals surface area contributed by atoms with Crippen LogP contribution in [0.1, 0.15) is 16.2 Å². The van der Waals surface area contributed by atoms with E-state index >= 15 is 0 Å². The van der Waals surface area contributed by atoms with E-state index in [0.717, 1.165) is 16.6 Å². The molecule has 0 atom stereocenters. The summed E-state index contributed by atoms with van der Waals surface area (Å²) in [7, 11) is 1.83. The minimum atomic E-state index is -0.189. The number of aryl methyl sites for hydroxylation is 1. The molecule has 19 heavy (non-hydrogen) atoms. The van der Waals surface area contributed by atoms with Gasteiger partial charge in [0.25, 0.3) is 5.91 Å². The largest absolute Gasteiger partial charge is 0.347 e. The third-order valence-corrected chi connectivity index (χ3v) is 2.97. The maximum absolute atomic E-state index is 12.1. The van der Waals surface area contributed by atoms with Crippen LogP contribution in [0.25, 0.3) is 10.9 Å². The van der Waals surface area contributed by atoms with Gasteiger partial charge in [0, 0.05) is 18.6 Å². The van der Waals surface area contributed by atoms with Crippen molar-refractivity contribution in [1.29, 1.82) is 0 Å². The van der Waals surface area contributed by atoms with Crippen molar-refractivity contribution in [2.45, 2.75) is 6.54 Å². The number of fused-ring (bicyclic) bond motifs is 1. The molecule has 2 heterocycles. The smallest absolute Gasteiger partial charge is 0.272 e. The van der Waals surface area contributed by atoms with Crippen LogP contribution in [-0.4, -0.2) is 25.7 Å². The monoisotopic (exact) mass is 255 g/mol. The Hall–Kier alpha value is -2.63. The van der Waals surface area contributed by atoms with E-state index in [9.17, 15) is 4.79 Å². The number of para-hydroxylation sites is 1. The fourth-order valence-corrected chi connectivity index (χ4v) is 2.02. The van der Waals surface area contributed by atoms with Crippen molar-refractivity contribution in [1.82, 2.24) is 25.1 Å². The third kappa shape index (κ3) is 2.08. The number of carbonyl (C=O) groups is 1. The van der Waals surface area contributed by atoms with Crippen molar-refractivity contribution >= 4 is 16.8 Å². The van der Waals surface area contributed by atoms with Gasteiger partial charge in [-0.1, -0.05) is 18.2 Å². The second kappa shape index (κ2) is 4.56. The maximum Gasteiger partial charge on any atom is 0.272 e. The van der Waals surface area contributed by atoms with E-state index in [2.05, 4.69) is 20.4 Å². The van der Waals surface area contributed by atoms with Crippen LogP contribution in [0, 0.1) is 0 Å². The van der Waals surface area contributed by atoms with Crippen molar-refractivity contribution in [3.63, 3.8) is 0 Å². The quantitative estimate of drug-likeness (QED) is 0.739. The zero-order valence-electron chi connectivity index (χ0n) is 10.4. The molecule has 2 N–H and O–H groups in total. The van der Waals surface area contributed by atoms with Crippen LogP contribution < -0.4 is 5.32 Å². The molecule has 96 valence electrons. The van der Waals surface area contributed by atoms with Gasteiger partial charge < -0.3 is 10.3 Å². The topological polar surface area (TPSA) is 75.6 Å². The normalized spacial score (nSPS) is 10.8. The van der Waals surface area contributed by atoms with Gasteiger partial charge in [-0.3, -0.25) is 9.48 Å². The zero-order chi connectivity index (χ0) is 13.2. The number of hydrogen-bond donors (Lipinski definition) is 2. The molecule has 6 heteroatoms. The maximum atomic E-state index is 12.1. The second-order valence-corrected chi connectivity index (χ2v) is 4.25. The van der Waals surface area contributed by atoms with Gasteiger partial charge in [0.05, 0.1) is 24.1 Å². The molecular weight excluding hydrogens is 242 g/mol. The summed E-state index contributed by atoms with van der Waals surface area (Å²) in [6.45, 7) is 0.406. The summed E-state index contributed by atoms with van der Waals surface area (Å²) in [5, 5.41) is 7.94. The van der Waals surface area contributed by atoms with E-state index in [-0.39, 0.29) is 5.91 Å². The predicted molar refractivity (Wildman–Crippen MR) is 70.5 cm³/mol. The molecule has 6 nitrogen and oxygen atoms in total. The number of imidazole rings is 1. The van der Waals surface area contributed by atoms with E-state index in [0.29, 0.717) is 12.2 Å². The van der Waals surface area contributed by atoms with Crippen molar-refractivity contribution in [3.05, 3.63) is 48.2 Å². The Bertz CT molecular complexity index is 714. The van der Waals surface area contributed by atoms with E-state index in [1.807, 2.05) is 31.3 Å². The first-order chi connectivity index (χ1) is 9.25. The van der Waals surface area contributed by atoms with Crippen molar-refractivity contribution in [3.8, 4) is 0 Å². The number of benzene rings is 1. The third-order valence-electron chi connectivity index (χ3n) is 2.97. The number of carbonyl (C=O) groups excluding carboxylic acids is 1. The summed E-state index contributed by atoms with van der Waals surface area (Å²) in [5.74, 6) is -0.189. The minimum absolute atomic E-state index is 0.189. The molecule has 0 bridgehead atoms. The highest BCUT2D eigenvalue weighted by molar-refractivity contribution is 6.04. The van der Waals surface area contributed by atoms with Gasteiger partial charge in [-0.05, 0) is 6.07 Å². The van der Waals surface area contributed by atoms with E-state index in [4.69, 9.17) is 0 Å². The average molecular weight is 255 g/mol. The summed E-state index contributed by atoms with van der Waals surface area (Å²) in [6.07, 6.45) is 3.26. The summed E-state index contributed by atoms with van der Waals surface area (Å²) in [5.41, 5.74) is 2.24. The molecule has 0 spiro atoms. The van der Waals surface area contributed by atoms with Crippen LogP contribution in [0.5, 0.6) is 0 Å². The van der Waals surface area contributed by atoms with Crippen LogP contribution in [0.4, 0.5) is 0 Å². The molecule has 0 saturated carbocycles. The van der Waals surface area contributed by atoms with Crippen molar-refractivity contribution < 1.29 is 4.79 Å². The Kier molecular flexibility index (Phi) is 2.75. The zero-order valence-corrected chi connectivity index (χ0v) is 10.4. The van der Waals surface area contributed by atoms with Crippen LogP contribution >= 0.6 is 0 Å². The summed E-state index contributed by atoms with van der Waals surface area (Å²) >= 11 is 0. The lowest BCUT2D eigenvalue weighted by Gasteiger charge is -2.00. The molecule has 2 aromatic heterocycles. The molecule has 0 unspecified atom stereocenters. The number of aromatic nitrogens is 4. The van der Waals surface area contributed by atoms with Crippen molar-refractivity contribution in [2.75, 3.05) is 0 Å². The fraction of sp³-hybridized carbons (Fsp3) is 0.154. The Balaban J connectivity index is 1.85. The lowest BCUT2D eigenvalue weighted by molar-refractivity contribution is 0.0946. The number of H-pyrrole nitrogens is 1. The van der Waals surface area contributed by atoms with E-state index in [1.165, 1.54) is 0 Å². The van der Waals surface area contributed by atoms with Crippen molar-refractivity contribution in [2.24, 2.45) is 7.05 Å². The highest BCUT2D eigenvalue weighted by Crippen LogP contribution is 2.17. The number of nitrogens with one attached hydrogen (secondary N) is 2. The number of aromatic amines is 1. The average Bonchev–Trinajstić information content (AvgIpc) is 3.05. The molecular formula is C13H13N5O. The predicted octanol–water partition coefficient (Wildman–Crippen LogP) is 1.23. The Labute approximate surface area is 109 Å². The number of rotatable bonds is 3. The van der Waals surface area contributed by atoms with Gasteiger partial charge in [0.15, 0.2) is 5.69 Å². The van der Waals surface area contributed by atoms with Crippen LogP contribution in [0.3, 0.4) is 0 Å². The first kappa shape index (κ1) is 11.5. The van der Waals surface area contributed by atoms with E-state index in [1.54, 1.807) is 17.2 Å². The van der Waals surface area contributed by atoms with Crippen LogP contribution in [0.2, 0.25) is 0 Å². The lowest BCUT2D eigenvalue weighted by Crippen LogP contribution is -2.23. The van der Waals surface area contributed by atoms with Gasteiger partial charge in [-0.15, -0.1) is 0 Å². The standard InChI is InChI=1S/C13H13N5O/c1-18-11-5-3-2-4-10(11)12(17-18)13(19)15-7-9-6-14-8-16-9/h2-6,8H,7H2,1H3,(H,14,16)(H,15,19). The molecule has 0 fully saturated rings. The van der Waals surface area contributed by atoms with Gasteiger partial charge >= 0.3 is 0 Å². The summed E-state index contributed by atoms with van der Waals surface area (Å²) in [6, 6.07) is 7.66. The Morgan fingerprint density at radius 2 is 2.26 bits per heavy atom. The summed E-state index contributed by atoms with van der Waals surface area (Å²) in [4.78, 5) is 19.0. The molecule has 0 aliphatic heterocycles. The van der Waals surface area contributed by atoms with Crippen LogP contribution in [-0.2, 0) is 13.6 Å². The van der Waals surface area contributed by atoms with Gasteiger partial charge in [0.1, 0.15) is 0 Å². The second-order valence-electron chi connectivity index (χ2n) is 4.25. The fourth-order valence-electron chi connectivity index (χ4n) is 2.02. The minimum Gasteiger partial charge on any atom is -0.347 e. The molecule has 0 aliphatic rings. The molecule has 3 rings (SSSR count). The number of amides is 1. The lowest BCUT2D eigenvalue weighted by atomic mass is 10.2. The van der Waals surface area contributed by atoms with Gasteiger partial charge in [-0.2, -0.15) is 5.10 Å². The van der Waals surface area contributed by atoms with Gasteiger partial charge in [-0.25, -0.2) is 4.98 Å². The summed E-state index contributed by atoms with van der Waals surface area (Å²) < 4.78 is 1.71. The van der Waals surface area contributed by atoms with Gasteiger partial charge in [0.2, 0.25) is 0 Å². The molecule has 0 saturated heterocycles. The Morgan fingerprint density at radius 1 is 1.42 bits per heavy atom. The first-order valence-corrected chi connectivity index (χ1v) is 5.93. The van der Waals surface area contributed by atoms with E-state index < -0.39 is 0 Å². The first-order valence-electron chi connectivity index (χ1n) is 5.93. The SMILES string of the molecule is Cn1nc(C(=O)NCc2cnc[nH]2)c2ccccc21. The number of hydrogen-bond acceptors (Lipinski definition) is 3.